The molecule has 1 amide bonds. The molecule has 3 aromatic rings. The second-order valence-electron chi connectivity index (χ2n) is 8.37. The number of amides is 1. The molecule has 33 heavy (non-hydrogen) atoms. The lowest BCUT2D eigenvalue weighted by Gasteiger charge is -2.35. The number of ether oxygens (including phenoxy) is 1. The predicted molar refractivity (Wildman–Crippen MR) is 125 cm³/mol. The molecule has 0 spiro atoms. The van der Waals surface area contributed by atoms with E-state index in [0.29, 0.717) is 42.9 Å². The van der Waals surface area contributed by atoms with Gasteiger partial charge in [0.25, 0.3) is 5.91 Å². The highest BCUT2D eigenvalue weighted by Crippen LogP contribution is 2.25. The molecule has 9 nitrogen and oxygen atoms in total. The quantitative estimate of drug-likeness (QED) is 0.561. The number of methoxy groups -OCH3 is 1. The molecule has 0 N–H and O–H groups in total. The van der Waals surface area contributed by atoms with Crippen molar-refractivity contribution in [1.29, 1.82) is 0 Å². The Morgan fingerprint density at radius 1 is 1.00 bits per heavy atom. The molecule has 2 aliphatic rings. The van der Waals surface area contributed by atoms with Crippen LogP contribution in [0, 0.1) is 0 Å². The molecule has 0 unspecified atom stereocenters. The van der Waals surface area contributed by atoms with Gasteiger partial charge in [-0.15, -0.1) is 0 Å². The summed E-state index contributed by atoms with van der Waals surface area (Å²) in [4.78, 5) is 41.0. The van der Waals surface area contributed by atoms with Gasteiger partial charge in [-0.05, 0) is 37.5 Å². The highest BCUT2D eigenvalue weighted by atomic mass is 16.5. The lowest BCUT2D eigenvalue weighted by Crippen LogP contribution is -2.49. The van der Waals surface area contributed by atoms with Crippen molar-refractivity contribution in [2.45, 2.75) is 19.3 Å². The Morgan fingerprint density at radius 2 is 1.79 bits per heavy atom. The van der Waals surface area contributed by atoms with E-state index in [4.69, 9.17) is 14.1 Å². The number of rotatable bonds is 4. The van der Waals surface area contributed by atoms with Crippen LogP contribution in [0.3, 0.4) is 0 Å². The third-order valence-electron chi connectivity index (χ3n) is 6.33. The Morgan fingerprint density at radius 3 is 2.55 bits per heavy atom. The smallest absolute Gasteiger partial charge is 0.349 e. The monoisotopic (exact) mass is 449 g/mol. The van der Waals surface area contributed by atoms with Crippen molar-refractivity contribution in [3.63, 3.8) is 0 Å². The fourth-order valence-corrected chi connectivity index (χ4v) is 4.50. The second kappa shape index (κ2) is 9.09. The van der Waals surface area contributed by atoms with Crippen LogP contribution < -0.4 is 20.2 Å². The van der Waals surface area contributed by atoms with Crippen LogP contribution in [0.25, 0.3) is 11.0 Å². The molecule has 2 saturated heterocycles. The van der Waals surface area contributed by atoms with Crippen LogP contribution in [0.15, 0.2) is 45.7 Å². The lowest BCUT2D eigenvalue weighted by atomic mass is 10.1. The molecule has 4 heterocycles. The first-order valence-electron chi connectivity index (χ1n) is 11.4. The standard InChI is InChI=1S/C24H27N5O4/c1-32-19-7-5-6-17-16-18(23(31)33-21(17)19)22(30)28-14-12-27(13-15-28)20-8-9-25-24(26-20)29-10-3-2-4-11-29/h5-9,16H,2-4,10-15H2,1H3. The van der Waals surface area contributed by atoms with Crippen molar-refractivity contribution in [3.05, 3.63) is 52.5 Å². The number of hydrogen-bond acceptors (Lipinski definition) is 8. The summed E-state index contributed by atoms with van der Waals surface area (Å²) in [5.41, 5.74) is -0.264. The molecule has 5 rings (SSSR count). The summed E-state index contributed by atoms with van der Waals surface area (Å²) >= 11 is 0. The summed E-state index contributed by atoms with van der Waals surface area (Å²) in [6.45, 7) is 4.25. The van der Waals surface area contributed by atoms with Crippen molar-refractivity contribution in [3.8, 4) is 5.75 Å². The van der Waals surface area contributed by atoms with Crippen molar-refractivity contribution in [2.24, 2.45) is 0 Å². The van der Waals surface area contributed by atoms with Crippen LogP contribution in [0.4, 0.5) is 11.8 Å². The SMILES string of the molecule is COc1cccc2cc(C(=O)N3CCN(c4ccnc(N5CCCCC5)n4)CC3)c(=O)oc12. The Kier molecular flexibility index (Phi) is 5.85. The van der Waals surface area contributed by atoms with Gasteiger partial charge in [-0.3, -0.25) is 4.79 Å². The van der Waals surface area contributed by atoms with Crippen LogP contribution >= 0.6 is 0 Å². The van der Waals surface area contributed by atoms with Gasteiger partial charge in [-0.1, -0.05) is 12.1 Å². The van der Waals surface area contributed by atoms with E-state index in [9.17, 15) is 9.59 Å². The summed E-state index contributed by atoms with van der Waals surface area (Å²) in [5, 5.41) is 0.655. The number of para-hydroxylation sites is 1. The second-order valence-corrected chi connectivity index (χ2v) is 8.37. The first-order valence-corrected chi connectivity index (χ1v) is 11.4. The number of fused-ring (bicyclic) bond motifs is 1. The van der Waals surface area contributed by atoms with Gasteiger partial charge in [0.05, 0.1) is 7.11 Å². The van der Waals surface area contributed by atoms with E-state index in [1.807, 2.05) is 6.07 Å². The van der Waals surface area contributed by atoms with E-state index in [1.165, 1.54) is 26.4 Å². The Hall–Kier alpha value is -3.62. The van der Waals surface area contributed by atoms with Gasteiger partial charge in [0.2, 0.25) is 5.95 Å². The zero-order valence-electron chi connectivity index (χ0n) is 18.7. The Bertz CT molecular complexity index is 1210. The van der Waals surface area contributed by atoms with E-state index < -0.39 is 5.63 Å². The molecule has 0 atom stereocenters. The molecule has 0 aliphatic carbocycles. The number of hydrogen-bond donors (Lipinski definition) is 0. The summed E-state index contributed by atoms with van der Waals surface area (Å²) in [7, 11) is 1.51. The minimum absolute atomic E-state index is 0.0404. The topological polar surface area (TPSA) is 92.0 Å². The number of carbonyl (C=O) groups excluding carboxylic acids is 1. The van der Waals surface area contributed by atoms with Gasteiger partial charge in [0, 0.05) is 50.9 Å². The molecule has 0 radical (unpaired) electrons. The minimum Gasteiger partial charge on any atom is -0.493 e. The fourth-order valence-electron chi connectivity index (χ4n) is 4.50. The molecular weight excluding hydrogens is 422 g/mol. The summed E-state index contributed by atoms with van der Waals surface area (Å²) in [5.74, 6) is 1.79. The largest absolute Gasteiger partial charge is 0.493 e. The lowest BCUT2D eigenvalue weighted by molar-refractivity contribution is 0.0742. The van der Waals surface area contributed by atoms with Crippen LogP contribution in [0.1, 0.15) is 29.6 Å². The Labute approximate surface area is 191 Å². The third-order valence-corrected chi connectivity index (χ3v) is 6.33. The molecule has 1 aromatic carbocycles. The molecule has 9 heteroatoms. The minimum atomic E-state index is -0.651. The Balaban J connectivity index is 1.29. The van der Waals surface area contributed by atoms with E-state index >= 15 is 0 Å². The molecule has 172 valence electrons. The number of carbonyl (C=O) groups is 1. The summed E-state index contributed by atoms with van der Waals surface area (Å²) < 4.78 is 10.7. The number of piperazine rings is 1. The normalized spacial score (nSPS) is 16.8. The summed E-state index contributed by atoms with van der Waals surface area (Å²) in [6.07, 6.45) is 5.40. The zero-order valence-corrected chi connectivity index (χ0v) is 18.7. The fraction of sp³-hybridized carbons (Fsp3) is 0.417. The van der Waals surface area contributed by atoms with Crippen LogP contribution in [0.2, 0.25) is 0 Å². The van der Waals surface area contributed by atoms with Crippen LogP contribution in [-0.4, -0.2) is 67.2 Å². The van der Waals surface area contributed by atoms with E-state index in [1.54, 1.807) is 35.4 Å². The predicted octanol–water partition coefficient (Wildman–Crippen LogP) is 2.54. The maximum absolute atomic E-state index is 13.1. The number of anilines is 2. The van der Waals surface area contributed by atoms with Crippen LogP contribution in [-0.2, 0) is 0 Å². The highest BCUT2D eigenvalue weighted by Gasteiger charge is 2.26. The average Bonchev–Trinajstić information content (AvgIpc) is 2.88. The van der Waals surface area contributed by atoms with Crippen molar-refractivity contribution < 1.29 is 13.9 Å². The van der Waals surface area contributed by atoms with E-state index in [0.717, 1.165) is 24.9 Å². The first kappa shape index (κ1) is 21.2. The number of benzene rings is 1. The molecule has 2 aromatic heterocycles. The van der Waals surface area contributed by atoms with Crippen molar-refractivity contribution >= 4 is 28.6 Å². The molecule has 2 fully saturated rings. The first-order chi connectivity index (χ1) is 16.1. The zero-order chi connectivity index (χ0) is 22.8. The van der Waals surface area contributed by atoms with Gasteiger partial charge in [-0.25, -0.2) is 9.78 Å². The number of piperidine rings is 1. The van der Waals surface area contributed by atoms with E-state index in [2.05, 4.69) is 14.8 Å². The molecule has 0 saturated carbocycles. The molecule has 2 aliphatic heterocycles. The maximum Gasteiger partial charge on any atom is 0.349 e. The summed E-state index contributed by atoms with van der Waals surface area (Å²) in [6, 6.07) is 8.82. The maximum atomic E-state index is 13.1. The third kappa shape index (κ3) is 4.22. The van der Waals surface area contributed by atoms with E-state index in [-0.39, 0.29) is 11.5 Å². The van der Waals surface area contributed by atoms with Gasteiger partial charge in [0.15, 0.2) is 11.3 Å². The average molecular weight is 450 g/mol. The van der Waals surface area contributed by atoms with Crippen LogP contribution in [0.5, 0.6) is 5.75 Å². The van der Waals surface area contributed by atoms with Crippen molar-refractivity contribution in [2.75, 3.05) is 56.2 Å². The number of aromatic nitrogens is 2. The van der Waals surface area contributed by atoms with Crippen molar-refractivity contribution in [1.82, 2.24) is 14.9 Å². The van der Waals surface area contributed by atoms with Gasteiger partial charge in [-0.2, -0.15) is 4.98 Å². The van der Waals surface area contributed by atoms with Gasteiger partial charge >= 0.3 is 5.63 Å². The molecular formula is C24H27N5O4. The molecule has 0 bridgehead atoms. The van der Waals surface area contributed by atoms with Gasteiger partial charge < -0.3 is 23.9 Å². The van der Waals surface area contributed by atoms with Gasteiger partial charge in [0.1, 0.15) is 11.4 Å². The highest BCUT2D eigenvalue weighted by molar-refractivity contribution is 5.97. The number of nitrogens with zero attached hydrogens (tertiary/aromatic N) is 5.